The molecule has 9 heteroatoms. The van der Waals surface area contributed by atoms with Crippen LogP contribution in [0.15, 0.2) is 58.2 Å². The molecule has 1 aromatic heterocycles. The van der Waals surface area contributed by atoms with Crippen LogP contribution < -0.4 is 14.8 Å². The minimum Gasteiger partial charge on any atom is -0.497 e. The lowest BCUT2D eigenvalue weighted by atomic mass is 10.3. The first kappa shape index (κ1) is 22.2. The van der Waals surface area contributed by atoms with Gasteiger partial charge < -0.3 is 19.4 Å². The molecule has 0 aliphatic rings. The number of carbonyl (C=O) groups is 1. The highest BCUT2D eigenvalue weighted by Gasteiger charge is 2.19. The zero-order chi connectivity index (χ0) is 21.5. The molecule has 0 spiro atoms. The summed E-state index contributed by atoms with van der Waals surface area (Å²) in [6.45, 7) is 4.63. The number of benzene rings is 2. The molecule has 3 rings (SSSR count). The second kappa shape index (κ2) is 10.5. The maximum atomic E-state index is 12.3. The first-order valence-electron chi connectivity index (χ1n) is 9.42. The Morgan fingerprint density at radius 3 is 2.43 bits per heavy atom. The van der Waals surface area contributed by atoms with Crippen molar-refractivity contribution in [3.63, 3.8) is 0 Å². The van der Waals surface area contributed by atoms with Crippen LogP contribution in [0.5, 0.6) is 11.5 Å². The molecular weight excluding hydrogens is 468 g/mol. The lowest BCUT2D eigenvalue weighted by Crippen LogP contribution is -2.15. The molecule has 0 bridgehead atoms. The maximum absolute atomic E-state index is 12.3. The fourth-order valence-electron chi connectivity index (χ4n) is 2.78. The van der Waals surface area contributed by atoms with Gasteiger partial charge in [-0.15, -0.1) is 10.2 Å². The van der Waals surface area contributed by atoms with Gasteiger partial charge in [0.2, 0.25) is 5.91 Å². The second-order valence-electron chi connectivity index (χ2n) is 6.36. The topological polar surface area (TPSA) is 78.3 Å². The van der Waals surface area contributed by atoms with Gasteiger partial charge in [-0.05, 0) is 62.4 Å². The lowest BCUT2D eigenvalue weighted by molar-refractivity contribution is -0.113. The van der Waals surface area contributed by atoms with E-state index >= 15 is 0 Å². The molecule has 2 aromatic carbocycles. The number of hydrogen-bond donors (Lipinski definition) is 1. The van der Waals surface area contributed by atoms with Crippen LogP contribution in [0.3, 0.4) is 0 Å². The molecule has 1 atom stereocenters. The molecule has 1 N–H and O–H groups in total. The highest BCUT2D eigenvalue weighted by Crippen LogP contribution is 2.26. The van der Waals surface area contributed by atoms with Crippen LogP contribution in [0, 0.1) is 0 Å². The monoisotopic (exact) mass is 490 g/mol. The molecule has 0 radical (unpaired) electrons. The summed E-state index contributed by atoms with van der Waals surface area (Å²) in [5.74, 6) is 2.33. The van der Waals surface area contributed by atoms with Gasteiger partial charge in [-0.25, -0.2) is 0 Å². The third-order valence-electron chi connectivity index (χ3n) is 4.26. The highest BCUT2D eigenvalue weighted by atomic mass is 79.9. The van der Waals surface area contributed by atoms with Gasteiger partial charge in [-0.2, -0.15) is 0 Å². The number of carbonyl (C=O) groups excluding carboxylic acids is 1. The number of ether oxygens (including phenoxy) is 2. The number of aromatic nitrogens is 3. The summed E-state index contributed by atoms with van der Waals surface area (Å²) in [7, 11) is 1.60. The van der Waals surface area contributed by atoms with E-state index in [4.69, 9.17) is 9.47 Å². The highest BCUT2D eigenvalue weighted by molar-refractivity contribution is 9.10. The Kier molecular flexibility index (Phi) is 7.75. The molecule has 158 valence electrons. The van der Waals surface area contributed by atoms with Gasteiger partial charge >= 0.3 is 0 Å². The number of nitrogens with zero attached hydrogens (tertiary/aromatic N) is 3. The van der Waals surface area contributed by atoms with Crippen molar-refractivity contribution in [3.05, 3.63) is 58.8 Å². The van der Waals surface area contributed by atoms with Crippen molar-refractivity contribution in [1.29, 1.82) is 0 Å². The number of amides is 1. The molecule has 0 saturated heterocycles. The molecule has 1 unspecified atom stereocenters. The van der Waals surface area contributed by atoms with Crippen molar-refractivity contribution in [2.24, 2.45) is 0 Å². The normalized spacial score (nSPS) is 11.7. The average Bonchev–Trinajstić information content (AvgIpc) is 3.17. The van der Waals surface area contributed by atoms with E-state index < -0.39 is 0 Å². The van der Waals surface area contributed by atoms with Crippen LogP contribution in [-0.4, -0.2) is 33.5 Å². The Morgan fingerprint density at radius 1 is 1.13 bits per heavy atom. The van der Waals surface area contributed by atoms with E-state index in [0.717, 1.165) is 27.5 Å². The van der Waals surface area contributed by atoms with Gasteiger partial charge in [0.05, 0.1) is 12.9 Å². The number of anilines is 1. The maximum Gasteiger partial charge on any atom is 0.234 e. The molecule has 0 saturated carbocycles. The largest absolute Gasteiger partial charge is 0.497 e. The van der Waals surface area contributed by atoms with E-state index in [-0.39, 0.29) is 17.8 Å². The number of rotatable bonds is 9. The molecule has 1 amide bonds. The Balaban J connectivity index is 1.60. The van der Waals surface area contributed by atoms with Crippen LogP contribution in [0.4, 0.5) is 5.69 Å². The van der Waals surface area contributed by atoms with Crippen LogP contribution in [0.25, 0.3) is 0 Å². The summed E-state index contributed by atoms with van der Waals surface area (Å²) in [5, 5.41) is 12.1. The molecule has 0 fully saturated rings. The number of hydrogen-bond acceptors (Lipinski definition) is 6. The average molecular weight is 491 g/mol. The number of methoxy groups -OCH3 is 1. The van der Waals surface area contributed by atoms with Crippen LogP contribution >= 0.6 is 27.7 Å². The zero-order valence-electron chi connectivity index (χ0n) is 17.0. The van der Waals surface area contributed by atoms with E-state index in [9.17, 15) is 4.79 Å². The van der Waals surface area contributed by atoms with Crippen molar-refractivity contribution in [2.75, 3.05) is 18.2 Å². The van der Waals surface area contributed by atoms with Gasteiger partial charge in [-0.1, -0.05) is 27.7 Å². The van der Waals surface area contributed by atoms with Crippen molar-refractivity contribution < 1.29 is 14.3 Å². The summed E-state index contributed by atoms with van der Waals surface area (Å²) in [5.41, 5.74) is 0.718. The van der Waals surface area contributed by atoms with E-state index in [1.807, 2.05) is 42.7 Å². The minimum absolute atomic E-state index is 0.114. The van der Waals surface area contributed by atoms with Gasteiger partial charge in [-0.3, -0.25) is 4.79 Å². The second-order valence-corrected chi connectivity index (χ2v) is 8.22. The molecule has 0 aliphatic carbocycles. The summed E-state index contributed by atoms with van der Waals surface area (Å²) in [6, 6.07) is 14.8. The standard InChI is InChI=1S/C21H23BrN4O3S/c1-4-26-20(14(2)29-18-9-5-15(22)6-10-18)24-25-21(26)30-13-19(27)23-16-7-11-17(28-3)12-8-16/h5-12,14H,4,13H2,1-3H3,(H,23,27). The quantitative estimate of drug-likeness (QED) is 0.428. The number of thioether (sulfide) groups is 1. The molecular formula is C21H23BrN4O3S. The van der Waals surface area contributed by atoms with E-state index in [1.165, 1.54) is 11.8 Å². The zero-order valence-corrected chi connectivity index (χ0v) is 19.4. The van der Waals surface area contributed by atoms with Gasteiger partial charge in [0.15, 0.2) is 17.1 Å². The smallest absolute Gasteiger partial charge is 0.234 e. The van der Waals surface area contributed by atoms with Gasteiger partial charge in [0, 0.05) is 16.7 Å². The van der Waals surface area contributed by atoms with E-state index in [2.05, 4.69) is 31.4 Å². The fourth-order valence-corrected chi connectivity index (χ4v) is 3.85. The predicted octanol–water partition coefficient (Wildman–Crippen LogP) is 4.94. The Bertz CT molecular complexity index is 977. The van der Waals surface area contributed by atoms with Crippen molar-refractivity contribution in [1.82, 2.24) is 14.8 Å². The molecule has 30 heavy (non-hydrogen) atoms. The fraction of sp³-hybridized carbons (Fsp3) is 0.286. The summed E-state index contributed by atoms with van der Waals surface area (Å²) >= 11 is 4.76. The third kappa shape index (κ3) is 5.76. The van der Waals surface area contributed by atoms with Crippen molar-refractivity contribution >= 4 is 39.3 Å². The summed E-state index contributed by atoms with van der Waals surface area (Å²) < 4.78 is 14.1. The lowest BCUT2D eigenvalue weighted by Gasteiger charge is -2.15. The Hall–Kier alpha value is -2.52. The van der Waals surface area contributed by atoms with Gasteiger partial charge in [0.25, 0.3) is 0 Å². The number of nitrogens with one attached hydrogen (secondary N) is 1. The first-order valence-corrected chi connectivity index (χ1v) is 11.2. The number of halogens is 1. The summed E-state index contributed by atoms with van der Waals surface area (Å²) in [4.78, 5) is 12.3. The van der Waals surface area contributed by atoms with Crippen LogP contribution in [0.1, 0.15) is 25.8 Å². The Morgan fingerprint density at radius 2 is 1.80 bits per heavy atom. The SMILES string of the molecule is CCn1c(SCC(=O)Nc2ccc(OC)cc2)nnc1C(C)Oc1ccc(Br)cc1. The van der Waals surface area contributed by atoms with Crippen molar-refractivity contribution in [3.8, 4) is 11.5 Å². The predicted molar refractivity (Wildman–Crippen MR) is 121 cm³/mol. The minimum atomic E-state index is -0.277. The van der Waals surface area contributed by atoms with Crippen LogP contribution in [0.2, 0.25) is 0 Å². The first-order chi connectivity index (χ1) is 14.5. The van der Waals surface area contributed by atoms with Crippen molar-refractivity contribution in [2.45, 2.75) is 31.7 Å². The third-order valence-corrected chi connectivity index (χ3v) is 5.75. The van der Waals surface area contributed by atoms with E-state index in [0.29, 0.717) is 11.7 Å². The van der Waals surface area contributed by atoms with Crippen LogP contribution in [-0.2, 0) is 11.3 Å². The molecule has 0 aliphatic heterocycles. The Labute approximate surface area is 188 Å². The van der Waals surface area contributed by atoms with E-state index in [1.54, 1.807) is 31.4 Å². The van der Waals surface area contributed by atoms with Gasteiger partial charge in [0.1, 0.15) is 11.5 Å². The molecule has 1 heterocycles. The molecule has 7 nitrogen and oxygen atoms in total. The molecule has 3 aromatic rings. The summed E-state index contributed by atoms with van der Waals surface area (Å²) in [6.07, 6.45) is -0.277.